The van der Waals surface area contributed by atoms with Crippen LogP contribution in [0.2, 0.25) is 0 Å². The molecule has 0 N–H and O–H groups in total. The van der Waals surface area contributed by atoms with Crippen LogP contribution in [0.3, 0.4) is 0 Å². The molecular formula is C8H17P. The minimum atomic E-state index is 0.904. The van der Waals surface area contributed by atoms with Crippen molar-refractivity contribution in [1.29, 1.82) is 0 Å². The average molecular weight is 144 g/mol. The Morgan fingerprint density at radius 2 is 1.89 bits per heavy atom. The first-order valence-corrected chi connectivity index (χ1v) is 4.62. The van der Waals surface area contributed by atoms with E-state index in [4.69, 9.17) is 0 Å². The highest BCUT2D eigenvalue weighted by Gasteiger charge is 2.21. The Morgan fingerprint density at radius 1 is 1.22 bits per heavy atom. The minimum absolute atomic E-state index is 0.904. The van der Waals surface area contributed by atoms with Crippen molar-refractivity contribution >= 4 is 9.24 Å². The second-order valence-electron chi connectivity index (χ2n) is 3.56. The summed E-state index contributed by atoms with van der Waals surface area (Å²) in [4.78, 5) is 0. The Balaban J connectivity index is 2.35. The largest absolute Gasteiger partial charge is 0.134 e. The average Bonchev–Trinajstić information content (AvgIpc) is 1.80. The molecular weight excluding hydrogens is 127 g/mol. The first kappa shape index (κ1) is 7.54. The number of hydrogen-bond donors (Lipinski definition) is 0. The molecule has 1 aliphatic carbocycles. The Kier molecular flexibility index (Phi) is 2.52. The molecule has 0 radical (unpaired) electrons. The predicted octanol–water partition coefficient (Wildman–Crippen LogP) is 2.69. The van der Waals surface area contributed by atoms with E-state index in [0.29, 0.717) is 0 Å². The van der Waals surface area contributed by atoms with Crippen molar-refractivity contribution in [2.24, 2.45) is 11.8 Å². The fraction of sp³-hybridized carbons (Fsp3) is 1.00. The van der Waals surface area contributed by atoms with E-state index in [9.17, 15) is 0 Å². The van der Waals surface area contributed by atoms with Crippen LogP contribution in [0.15, 0.2) is 0 Å². The van der Waals surface area contributed by atoms with E-state index in [1.165, 1.54) is 19.3 Å². The molecule has 0 aromatic carbocycles. The highest BCUT2D eigenvalue weighted by Crippen LogP contribution is 2.32. The van der Waals surface area contributed by atoms with Gasteiger partial charge in [0.15, 0.2) is 0 Å². The minimum Gasteiger partial charge on any atom is -0.134 e. The molecule has 0 aliphatic heterocycles. The van der Waals surface area contributed by atoms with Crippen LogP contribution in [-0.2, 0) is 0 Å². The van der Waals surface area contributed by atoms with Gasteiger partial charge >= 0.3 is 0 Å². The molecule has 0 amide bonds. The maximum Gasteiger partial charge on any atom is -0.0238 e. The fourth-order valence-corrected chi connectivity index (χ4v) is 2.04. The van der Waals surface area contributed by atoms with E-state index >= 15 is 0 Å². The van der Waals surface area contributed by atoms with E-state index in [0.717, 1.165) is 17.5 Å². The molecule has 0 bridgehead atoms. The summed E-state index contributed by atoms with van der Waals surface area (Å²) in [5, 5.41) is 0. The standard InChI is InChI=1S/C8H17P/c1-6-3-4-8(9)7(2)5-6/h6-8H,3-5,9H2,1-2H3/t6-,7?,8+/m1/s1. The van der Waals surface area contributed by atoms with Gasteiger partial charge in [-0.1, -0.05) is 20.3 Å². The molecule has 1 fully saturated rings. The lowest BCUT2D eigenvalue weighted by Gasteiger charge is -2.29. The lowest BCUT2D eigenvalue weighted by molar-refractivity contribution is 0.310. The molecule has 0 aromatic heterocycles. The van der Waals surface area contributed by atoms with Gasteiger partial charge in [0.05, 0.1) is 0 Å². The Hall–Kier alpha value is 0.430. The maximum atomic E-state index is 2.96. The summed E-state index contributed by atoms with van der Waals surface area (Å²) in [7, 11) is 2.96. The van der Waals surface area contributed by atoms with Crippen molar-refractivity contribution in [3.05, 3.63) is 0 Å². The highest BCUT2D eigenvalue weighted by atomic mass is 31.0. The normalized spacial score (nSPS) is 45.0. The monoisotopic (exact) mass is 144 g/mol. The fourth-order valence-electron chi connectivity index (χ4n) is 1.69. The third-order valence-electron chi connectivity index (χ3n) is 2.50. The molecule has 0 spiro atoms. The Labute approximate surface area is 60.6 Å². The third-order valence-corrected chi connectivity index (χ3v) is 3.49. The topological polar surface area (TPSA) is 0 Å². The zero-order chi connectivity index (χ0) is 6.85. The van der Waals surface area contributed by atoms with E-state index in [-0.39, 0.29) is 0 Å². The van der Waals surface area contributed by atoms with Gasteiger partial charge in [-0.3, -0.25) is 0 Å². The lowest BCUT2D eigenvalue weighted by atomic mass is 9.83. The maximum absolute atomic E-state index is 2.96. The van der Waals surface area contributed by atoms with Crippen molar-refractivity contribution in [1.82, 2.24) is 0 Å². The highest BCUT2D eigenvalue weighted by molar-refractivity contribution is 7.17. The summed E-state index contributed by atoms with van der Waals surface area (Å²) >= 11 is 0. The second-order valence-corrected chi connectivity index (χ2v) is 4.42. The van der Waals surface area contributed by atoms with Crippen molar-refractivity contribution < 1.29 is 0 Å². The SMILES string of the molecule is CC1C[C@H](C)CC[C@@H]1P. The smallest absolute Gasteiger partial charge is 0.0238 e. The van der Waals surface area contributed by atoms with Crippen molar-refractivity contribution in [3.8, 4) is 0 Å². The quantitative estimate of drug-likeness (QED) is 0.458. The van der Waals surface area contributed by atoms with Crippen molar-refractivity contribution in [3.63, 3.8) is 0 Å². The third kappa shape index (κ3) is 1.93. The van der Waals surface area contributed by atoms with Crippen LogP contribution in [0.4, 0.5) is 0 Å². The van der Waals surface area contributed by atoms with Gasteiger partial charge in [0.2, 0.25) is 0 Å². The molecule has 1 saturated carbocycles. The van der Waals surface area contributed by atoms with Crippen molar-refractivity contribution in [2.45, 2.75) is 38.8 Å². The Bertz CT molecular complexity index is 90.6. The molecule has 9 heavy (non-hydrogen) atoms. The molecule has 0 saturated heterocycles. The first-order valence-electron chi connectivity index (χ1n) is 3.95. The molecule has 1 aliphatic rings. The zero-order valence-electron chi connectivity index (χ0n) is 6.43. The van der Waals surface area contributed by atoms with Crippen LogP contribution in [0.5, 0.6) is 0 Å². The zero-order valence-corrected chi connectivity index (χ0v) is 7.59. The van der Waals surface area contributed by atoms with Crippen LogP contribution in [0.25, 0.3) is 0 Å². The lowest BCUT2D eigenvalue weighted by Crippen LogP contribution is -2.20. The van der Waals surface area contributed by atoms with Gasteiger partial charge in [0, 0.05) is 0 Å². The molecule has 1 heteroatoms. The summed E-state index contributed by atoms with van der Waals surface area (Å²) in [6.07, 6.45) is 4.31. The summed E-state index contributed by atoms with van der Waals surface area (Å²) in [6.45, 7) is 4.74. The van der Waals surface area contributed by atoms with Crippen LogP contribution < -0.4 is 0 Å². The van der Waals surface area contributed by atoms with Gasteiger partial charge < -0.3 is 0 Å². The molecule has 4 atom stereocenters. The molecule has 0 heterocycles. The summed E-state index contributed by atoms with van der Waals surface area (Å²) in [5.74, 6) is 1.93. The predicted molar refractivity (Wildman–Crippen MR) is 45.7 cm³/mol. The number of rotatable bonds is 0. The van der Waals surface area contributed by atoms with Crippen molar-refractivity contribution in [2.75, 3.05) is 0 Å². The second kappa shape index (κ2) is 3.01. The number of hydrogen-bond acceptors (Lipinski definition) is 0. The van der Waals surface area contributed by atoms with Gasteiger partial charge in [-0.05, 0) is 30.3 Å². The first-order chi connectivity index (χ1) is 4.20. The van der Waals surface area contributed by atoms with Crippen LogP contribution in [0, 0.1) is 11.8 Å². The van der Waals surface area contributed by atoms with Gasteiger partial charge in [-0.25, -0.2) is 0 Å². The van der Waals surface area contributed by atoms with Crippen LogP contribution in [0.1, 0.15) is 33.1 Å². The van der Waals surface area contributed by atoms with Gasteiger partial charge in [0.25, 0.3) is 0 Å². The molecule has 0 nitrogen and oxygen atoms in total. The van der Waals surface area contributed by atoms with E-state index in [1.54, 1.807) is 0 Å². The van der Waals surface area contributed by atoms with E-state index < -0.39 is 0 Å². The molecule has 0 aromatic rings. The molecule has 2 unspecified atom stereocenters. The summed E-state index contributed by atoms with van der Waals surface area (Å²) in [6, 6.07) is 0. The van der Waals surface area contributed by atoms with E-state index in [2.05, 4.69) is 23.1 Å². The Morgan fingerprint density at radius 3 is 2.33 bits per heavy atom. The summed E-state index contributed by atoms with van der Waals surface area (Å²) < 4.78 is 0. The van der Waals surface area contributed by atoms with Gasteiger partial charge in [-0.2, -0.15) is 0 Å². The van der Waals surface area contributed by atoms with Gasteiger partial charge in [0.1, 0.15) is 0 Å². The molecule has 54 valence electrons. The van der Waals surface area contributed by atoms with Gasteiger partial charge in [-0.15, -0.1) is 9.24 Å². The summed E-state index contributed by atoms with van der Waals surface area (Å²) in [5.41, 5.74) is 0.904. The van der Waals surface area contributed by atoms with Crippen LogP contribution in [-0.4, -0.2) is 5.66 Å². The van der Waals surface area contributed by atoms with Crippen LogP contribution >= 0.6 is 9.24 Å². The van der Waals surface area contributed by atoms with E-state index in [1.807, 2.05) is 0 Å². The molecule has 1 rings (SSSR count).